The lowest BCUT2D eigenvalue weighted by Gasteiger charge is -2.32. The van der Waals surface area contributed by atoms with Crippen LogP contribution < -0.4 is 0 Å². The van der Waals surface area contributed by atoms with Crippen LogP contribution in [0.5, 0.6) is 0 Å². The van der Waals surface area contributed by atoms with Gasteiger partial charge in [0.25, 0.3) is 5.91 Å². The molecule has 0 atom stereocenters. The minimum absolute atomic E-state index is 0.149. The van der Waals surface area contributed by atoms with Crippen LogP contribution in [-0.4, -0.2) is 53.5 Å². The SMILES string of the molecule is Cc1onc(-c2ccccc2Cl)c1C(=O)N1CCN(C=O)CC1. The number of benzene rings is 1. The van der Waals surface area contributed by atoms with Gasteiger partial charge in [0.05, 0.1) is 5.02 Å². The maximum absolute atomic E-state index is 12.9. The Balaban J connectivity index is 1.92. The third-order valence-electron chi connectivity index (χ3n) is 3.96. The van der Waals surface area contributed by atoms with Gasteiger partial charge in [-0.25, -0.2) is 0 Å². The van der Waals surface area contributed by atoms with Crippen LogP contribution in [0.3, 0.4) is 0 Å². The Hall–Kier alpha value is -2.34. The van der Waals surface area contributed by atoms with Gasteiger partial charge in [-0.05, 0) is 13.0 Å². The van der Waals surface area contributed by atoms with Gasteiger partial charge in [-0.15, -0.1) is 0 Å². The highest BCUT2D eigenvalue weighted by molar-refractivity contribution is 6.33. The van der Waals surface area contributed by atoms with E-state index in [0.717, 1.165) is 6.41 Å². The van der Waals surface area contributed by atoms with Crippen molar-refractivity contribution in [3.8, 4) is 11.3 Å². The van der Waals surface area contributed by atoms with E-state index in [1.807, 2.05) is 12.1 Å². The molecule has 0 N–H and O–H groups in total. The molecular weight excluding hydrogens is 318 g/mol. The molecule has 0 spiro atoms. The van der Waals surface area contributed by atoms with Gasteiger partial charge in [0.2, 0.25) is 6.41 Å². The van der Waals surface area contributed by atoms with Crippen LogP contribution in [-0.2, 0) is 4.79 Å². The van der Waals surface area contributed by atoms with E-state index >= 15 is 0 Å². The van der Waals surface area contributed by atoms with E-state index < -0.39 is 0 Å². The molecule has 0 saturated carbocycles. The van der Waals surface area contributed by atoms with Crippen molar-refractivity contribution < 1.29 is 14.1 Å². The Morgan fingerprint density at radius 2 is 1.96 bits per heavy atom. The van der Waals surface area contributed by atoms with Crippen molar-refractivity contribution in [2.24, 2.45) is 0 Å². The number of hydrogen-bond acceptors (Lipinski definition) is 4. The van der Waals surface area contributed by atoms with Crippen molar-refractivity contribution in [2.45, 2.75) is 6.92 Å². The zero-order chi connectivity index (χ0) is 16.4. The summed E-state index contributed by atoms with van der Waals surface area (Å²) in [7, 11) is 0. The predicted molar refractivity (Wildman–Crippen MR) is 85.2 cm³/mol. The Bertz CT molecular complexity index is 736. The van der Waals surface area contributed by atoms with E-state index in [1.165, 1.54) is 0 Å². The molecule has 2 amide bonds. The molecular formula is C16H16ClN3O3. The van der Waals surface area contributed by atoms with Crippen molar-refractivity contribution in [2.75, 3.05) is 26.2 Å². The molecule has 2 heterocycles. The third-order valence-corrected chi connectivity index (χ3v) is 4.29. The standard InChI is InChI=1S/C16H16ClN3O3/c1-11-14(16(22)20-8-6-19(10-21)7-9-20)15(18-23-11)12-4-2-3-5-13(12)17/h2-5,10H,6-9H2,1H3. The number of carbonyl (C=O) groups is 2. The van der Waals surface area contributed by atoms with E-state index in [1.54, 1.807) is 28.9 Å². The highest BCUT2D eigenvalue weighted by Crippen LogP contribution is 2.31. The fourth-order valence-corrected chi connectivity index (χ4v) is 2.87. The maximum Gasteiger partial charge on any atom is 0.259 e. The van der Waals surface area contributed by atoms with E-state index in [4.69, 9.17) is 16.1 Å². The van der Waals surface area contributed by atoms with Gasteiger partial charge in [0, 0.05) is 31.7 Å². The quantitative estimate of drug-likeness (QED) is 0.808. The number of rotatable bonds is 3. The van der Waals surface area contributed by atoms with Gasteiger partial charge >= 0.3 is 0 Å². The molecule has 1 aromatic carbocycles. The Labute approximate surface area is 138 Å². The monoisotopic (exact) mass is 333 g/mol. The molecule has 0 aliphatic carbocycles. The molecule has 1 aliphatic rings. The topological polar surface area (TPSA) is 66.7 Å². The van der Waals surface area contributed by atoms with Crippen molar-refractivity contribution in [3.63, 3.8) is 0 Å². The van der Waals surface area contributed by atoms with Gasteiger partial charge in [-0.2, -0.15) is 0 Å². The molecule has 2 aromatic rings. The van der Waals surface area contributed by atoms with Gasteiger partial charge in [-0.1, -0.05) is 35.0 Å². The highest BCUT2D eigenvalue weighted by atomic mass is 35.5. The van der Waals surface area contributed by atoms with Crippen LogP contribution in [0.4, 0.5) is 0 Å². The molecule has 0 unspecified atom stereocenters. The first kappa shape index (κ1) is 15.6. The summed E-state index contributed by atoms with van der Waals surface area (Å²) < 4.78 is 5.24. The fourth-order valence-electron chi connectivity index (χ4n) is 2.65. The number of hydrogen-bond donors (Lipinski definition) is 0. The summed E-state index contributed by atoms with van der Waals surface area (Å²) in [6.45, 7) is 3.75. The summed E-state index contributed by atoms with van der Waals surface area (Å²) in [6.07, 6.45) is 0.807. The van der Waals surface area contributed by atoms with Crippen LogP contribution in [0.1, 0.15) is 16.1 Å². The number of aromatic nitrogens is 1. The number of nitrogens with zero attached hydrogens (tertiary/aromatic N) is 3. The first-order valence-corrected chi connectivity index (χ1v) is 7.69. The number of piperazine rings is 1. The van der Waals surface area contributed by atoms with E-state index in [0.29, 0.717) is 53.8 Å². The number of amides is 2. The predicted octanol–water partition coefficient (Wildman–Crippen LogP) is 2.22. The molecule has 23 heavy (non-hydrogen) atoms. The number of carbonyl (C=O) groups excluding carboxylic acids is 2. The van der Waals surface area contributed by atoms with Crippen LogP contribution in [0.2, 0.25) is 5.02 Å². The van der Waals surface area contributed by atoms with Crippen molar-refractivity contribution in [1.82, 2.24) is 15.0 Å². The summed E-state index contributed by atoms with van der Waals surface area (Å²) in [4.78, 5) is 27.0. The second-order valence-electron chi connectivity index (χ2n) is 5.38. The van der Waals surface area contributed by atoms with E-state index in [2.05, 4.69) is 5.16 Å². The summed E-state index contributed by atoms with van der Waals surface area (Å²) in [5.41, 5.74) is 1.55. The molecule has 1 aromatic heterocycles. The number of aryl methyl sites for hydroxylation is 1. The normalized spacial score (nSPS) is 14.9. The summed E-state index contributed by atoms with van der Waals surface area (Å²) in [5.74, 6) is 0.312. The van der Waals surface area contributed by atoms with Gasteiger partial charge in [0.1, 0.15) is 17.0 Å². The molecule has 6 nitrogen and oxygen atoms in total. The molecule has 7 heteroatoms. The second-order valence-corrected chi connectivity index (χ2v) is 5.78. The minimum atomic E-state index is -0.149. The molecule has 0 bridgehead atoms. The van der Waals surface area contributed by atoms with E-state index in [-0.39, 0.29) is 5.91 Å². The highest BCUT2D eigenvalue weighted by Gasteiger charge is 2.28. The Morgan fingerprint density at radius 3 is 2.61 bits per heavy atom. The lowest BCUT2D eigenvalue weighted by atomic mass is 10.0. The largest absolute Gasteiger partial charge is 0.360 e. The van der Waals surface area contributed by atoms with Crippen LogP contribution >= 0.6 is 11.6 Å². The lowest BCUT2D eigenvalue weighted by molar-refractivity contribution is -0.119. The summed E-state index contributed by atoms with van der Waals surface area (Å²) in [6, 6.07) is 7.21. The minimum Gasteiger partial charge on any atom is -0.360 e. The zero-order valence-corrected chi connectivity index (χ0v) is 13.4. The lowest BCUT2D eigenvalue weighted by Crippen LogP contribution is -2.48. The zero-order valence-electron chi connectivity index (χ0n) is 12.7. The summed E-state index contributed by atoms with van der Waals surface area (Å²) >= 11 is 6.22. The molecule has 3 rings (SSSR count). The first-order valence-electron chi connectivity index (χ1n) is 7.31. The fraction of sp³-hybridized carbons (Fsp3) is 0.312. The molecule has 120 valence electrons. The molecule has 1 fully saturated rings. The average Bonchev–Trinajstić information content (AvgIpc) is 2.96. The number of halogens is 1. The van der Waals surface area contributed by atoms with Gasteiger partial charge < -0.3 is 14.3 Å². The smallest absolute Gasteiger partial charge is 0.259 e. The third kappa shape index (κ3) is 2.94. The first-order chi connectivity index (χ1) is 11.1. The summed E-state index contributed by atoms with van der Waals surface area (Å²) in [5, 5.41) is 4.53. The van der Waals surface area contributed by atoms with Crippen LogP contribution in [0.25, 0.3) is 11.3 Å². The second kappa shape index (κ2) is 6.42. The Kier molecular flexibility index (Phi) is 4.34. The van der Waals surface area contributed by atoms with Crippen molar-refractivity contribution >= 4 is 23.9 Å². The van der Waals surface area contributed by atoms with Crippen molar-refractivity contribution in [3.05, 3.63) is 40.6 Å². The maximum atomic E-state index is 12.9. The molecule has 1 aliphatic heterocycles. The Morgan fingerprint density at radius 1 is 1.26 bits per heavy atom. The average molecular weight is 334 g/mol. The van der Waals surface area contributed by atoms with Gasteiger partial charge in [-0.3, -0.25) is 9.59 Å². The van der Waals surface area contributed by atoms with Crippen molar-refractivity contribution in [1.29, 1.82) is 0 Å². The molecule has 0 radical (unpaired) electrons. The van der Waals surface area contributed by atoms with Crippen LogP contribution in [0.15, 0.2) is 28.8 Å². The van der Waals surface area contributed by atoms with Crippen LogP contribution in [0, 0.1) is 6.92 Å². The van der Waals surface area contributed by atoms with E-state index in [9.17, 15) is 9.59 Å². The van der Waals surface area contributed by atoms with Gasteiger partial charge in [0.15, 0.2) is 0 Å². The molecule has 1 saturated heterocycles.